The summed E-state index contributed by atoms with van der Waals surface area (Å²) in [5.74, 6) is 0.0891. The minimum absolute atomic E-state index is 0.0829. The van der Waals surface area contributed by atoms with Crippen molar-refractivity contribution in [3.8, 4) is 16.9 Å². The monoisotopic (exact) mass is 454 g/mol. The largest absolute Gasteiger partial charge is 0.459 e. The summed E-state index contributed by atoms with van der Waals surface area (Å²) in [5.41, 5.74) is 5.35. The van der Waals surface area contributed by atoms with Gasteiger partial charge in [0.25, 0.3) is 11.8 Å². The lowest BCUT2D eigenvalue weighted by molar-refractivity contribution is 0.0518. The number of piperazine rings is 1. The van der Waals surface area contributed by atoms with E-state index < -0.39 is 0 Å². The highest BCUT2D eigenvalue weighted by Gasteiger charge is 2.29. The van der Waals surface area contributed by atoms with Crippen LogP contribution in [0.4, 0.5) is 0 Å². The van der Waals surface area contributed by atoms with E-state index in [0.29, 0.717) is 43.2 Å². The minimum atomic E-state index is -0.148. The van der Waals surface area contributed by atoms with Crippen LogP contribution in [0.2, 0.25) is 0 Å². The lowest BCUT2D eigenvalue weighted by Crippen LogP contribution is -2.50. The molecule has 7 nitrogen and oxygen atoms in total. The van der Waals surface area contributed by atoms with Crippen molar-refractivity contribution in [1.82, 2.24) is 19.6 Å². The Morgan fingerprint density at radius 2 is 1.53 bits per heavy atom. The van der Waals surface area contributed by atoms with E-state index in [9.17, 15) is 9.59 Å². The summed E-state index contributed by atoms with van der Waals surface area (Å²) in [7, 11) is 0. The first kappa shape index (κ1) is 21.7. The van der Waals surface area contributed by atoms with E-state index in [1.807, 2.05) is 42.6 Å². The molecule has 1 saturated heterocycles. The van der Waals surface area contributed by atoms with Crippen LogP contribution >= 0.6 is 0 Å². The van der Waals surface area contributed by atoms with Crippen molar-refractivity contribution in [2.75, 3.05) is 26.2 Å². The van der Waals surface area contributed by atoms with E-state index in [1.165, 1.54) is 11.8 Å². The van der Waals surface area contributed by atoms with E-state index in [2.05, 4.69) is 26.0 Å². The zero-order chi connectivity index (χ0) is 23.7. The molecule has 3 heterocycles. The van der Waals surface area contributed by atoms with Gasteiger partial charge in [0.05, 0.1) is 17.5 Å². The fourth-order valence-electron chi connectivity index (χ4n) is 4.18. The van der Waals surface area contributed by atoms with E-state index in [0.717, 1.165) is 16.8 Å². The van der Waals surface area contributed by atoms with Gasteiger partial charge in [-0.3, -0.25) is 9.59 Å². The Kier molecular flexibility index (Phi) is 5.76. The maximum atomic E-state index is 13.6. The van der Waals surface area contributed by atoms with E-state index in [4.69, 9.17) is 9.52 Å². The van der Waals surface area contributed by atoms with Crippen molar-refractivity contribution >= 4 is 11.8 Å². The second-order valence-electron chi connectivity index (χ2n) is 8.53. The molecule has 1 aliphatic rings. The number of hydrogen-bond acceptors (Lipinski definition) is 4. The highest BCUT2D eigenvalue weighted by molar-refractivity contribution is 6.00. The lowest BCUT2D eigenvalue weighted by Gasteiger charge is -2.34. The minimum Gasteiger partial charge on any atom is -0.459 e. The van der Waals surface area contributed by atoms with Gasteiger partial charge in [-0.05, 0) is 55.3 Å². The standard InChI is InChI=1S/C27H26N4O3/c1-19-10-11-21(17-20(19)2)25-23(18-31(28-25)22-7-4-3-5-8-22)26(32)29-12-14-30(15-13-29)27(33)24-9-6-16-34-24/h3-11,16-18H,12-15H2,1-2H3. The fourth-order valence-corrected chi connectivity index (χ4v) is 4.18. The highest BCUT2D eigenvalue weighted by atomic mass is 16.3. The van der Waals surface area contributed by atoms with Crippen LogP contribution in [-0.2, 0) is 0 Å². The van der Waals surface area contributed by atoms with Crippen LogP contribution in [0.25, 0.3) is 16.9 Å². The van der Waals surface area contributed by atoms with E-state index in [1.54, 1.807) is 26.6 Å². The Balaban J connectivity index is 1.43. The van der Waals surface area contributed by atoms with Gasteiger partial charge < -0.3 is 14.2 Å². The van der Waals surface area contributed by atoms with Gasteiger partial charge in [0.15, 0.2) is 5.76 Å². The van der Waals surface area contributed by atoms with E-state index in [-0.39, 0.29) is 11.8 Å². The zero-order valence-electron chi connectivity index (χ0n) is 19.3. The van der Waals surface area contributed by atoms with Crippen molar-refractivity contribution < 1.29 is 14.0 Å². The Morgan fingerprint density at radius 3 is 2.18 bits per heavy atom. The maximum absolute atomic E-state index is 13.6. The topological polar surface area (TPSA) is 71.6 Å². The van der Waals surface area contributed by atoms with Crippen molar-refractivity contribution in [2.24, 2.45) is 0 Å². The molecule has 5 rings (SSSR count). The van der Waals surface area contributed by atoms with Crippen molar-refractivity contribution in [3.63, 3.8) is 0 Å². The molecular weight excluding hydrogens is 428 g/mol. The Morgan fingerprint density at radius 1 is 0.824 bits per heavy atom. The third-order valence-corrected chi connectivity index (χ3v) is 6.33. The summed E-state index contributed by atoms with van der Waals surface area (Å²) in [6.45, 7) is 5.94. The number of carbonyl (C=O) groups excluding carboxylic acids is 2. The molecule has 2 aromatic heterocycles. The van der Waals surface area contributed by atoms with Gasteiger partial charge in [0.2, 0.25) is 0 Å². The Labute approximate surface area is 198 Å². The number of aryl methyl sites for hydroxylation is 2. The van der Waals surface area contributed by atoms with Gasteiger partial charge in [-0.25, -0.2) is 4.68 Å². The molecule has 0 atom stereocenters. The molecule has 0 N–H and O–H groups in total. The van der Waals surface area contributed by atoms with Crippen LogP contribution in [0.15, 0.2) is 77.5 Å². The third kappa shape index (κ3) is 4.12. The molecule has 1 fully saturated rings. The number of benzene rings is 2. The molecule has 34 heavy (non-hydrogen) atoms. The predicted molar refractivity (Wildman–Crippen MR) is 129 cm³/mol. The van der Waals surface area contributed by atoms with Crippen LogP contribution in [0.1, 0.15) is 32.0 Å². The number of aromatic nitrogens is 2. The summed E-state index contributed by atoms with van der Waals surface area (Å²) in [6, 6.07) is 19.3. The number of furan rings is 1. The quantitative estimate of drug-likeness (QED) is 0.460. The normalized spacial score (nSPS) is 13.8. The molecule has 0 aliphatic carbocycles. The summed E-state index contributed by atoms with van der Waals surface area (Å²) in [4.78, 5) is 29.7. The second-order valence-corrected chi connectivity index (χ2v) is 8.53. The summed E-state index contributed by atoms with van der Waals surface area (Å²) in [5, 5.41) is 4.81. The number of para-hydroxylation sites is 1. The number of carbonyl (C=O) groups is 2. The Hall–Kier alpha value is -4.13. The molecule has 1 aliphatic heterocycles. The lowest BCUT2D eigenvalue weighted by atomic mass is 10.0. The summed E-state index contributed by atoms with van der Waals surface area (Å²) in [6.07, 6.45) is 3.30. The highest BCUT2D eigenvalue weighted by Crippen LogP contribution is 2.27. The maximum Gasteiger partial charge on any atom is 0.289 e. The second kappa shape index (κ2) is 9.02. The van der Waals surface area contributed by atoms with Crippen LogP contribution in [-0.4, -0.2) is 57.6 Å². The molecule has 0 spiro atoms. The first-order chi connectivity index (χ1) is 16.5. The van der Waals surface area contributed by atoms with Crippen LogP contribution in [0, 0.1) is 13.8 Å². The molecule has 172 valence electrons. The van der Waals surface area contributed by atoms with Gasteiger partial charge >= 0.3 is 0 Å². The molecule has 2 amide bonds. The van der Waals surface area contributed by atoms with Crippen molar-refractivity contribution in [2.45, 2.75) is 13.8 Å². The molecule has 0 saturated carbocycles. The average molecular weight is 455 g/mol. The number of rotatable bonds is 4. The van der Waals surface area contributed by atoms with Gasteiger partial charge in [0, 0.05) is 37.9 Å². The molecule has 7 heteroatoms. The van der Waals surface area contributed by atoms with Gasteiger partial charge in [-0.15, -0.1) is 0 Å². The van der Waals surface area contributed by atoms with Gasteiger partial charge in [0.1, 0.15) is 5.69 Å². The van der Waals surface area contributed by atoms with Crippen LogP contribution < -0.4 is 0 Å². The van der Waals surface area contributed by atoms with Crippen molar-refractivity contribution in [1.29, 1.82) is 0 Å². The molecule has 0 radical (unpaired) electrons. The summed E-state index contributed by atoms with van der Waals surface area (Å²) >= 11 is 0. The first-order valence-corrected chi connectivity index (χ1v) is 11.4. The summed E-state index contributed by atoms with van der Waals surface area (Å²) < 4.78 is 7.00. The molecule has 0 bridgehead atoms. The average Bonchev–Trinajstić information content (AvgIpc) is 3.56. The smallest absolute Gasteiger partial charge is 0.289 e. The van der Waals surface area contributed by atoms with Crippen LogP contribution in [0.3, 0.4) is 0 Å². The number of nitrogens with zero attached hydrogens (tertiary/aromatic N) is 4. The number of amides is 2. The third-order valence-electron chi connectivity index (χ3n) is 6.33. The fraction of sp³-hybridized carbons (Fsp3) is 0.222. The molecule has 0 unspecified atom stereocenters. The zero-order valence-corrected chi connectivity index (χ0v) is 19.3. The SMILES string of the molecule is Cc1ccc(-c2nn(-c3ccccc3)cc2C(=O)N2CCN(C(=O)c3ccco3)CC2)cc1C. The van der Waals surface area contributed by atoms with Crippen molar-refractivity contribution in [3.05, 3.63) is 95.6 Å². The van der Waals surface area contributed by atoms with Gasteiger partial charge in [-0.1, -0.05) is 30.3 Å². The predicted octanol–water partition coefficient (Wildman–Crippen LogP) is 4.35. The van der Waals surface area contributed by atoms with E-state index >= 15 is 0 Å². The molecular formula is C27H26N4O3. The van der Waals surface area contributed by atoms with Gasteiger partial charge in [-0.2, -0.15) is 5.10 Å². The molecule has 4 aromatic rings. The first-order valence-electron chi connectivity index (χ1n) is 11.4. The molecule has 2 aromatic carbocycles. The number of hydrogen-bond donors (Lipinski definition) is 0. The van der Waals surface area contributed by atoms with Crippen LogP contribution in [0.5, 0.6) is 0 Å². The Bertz CT molecular complexity index is 1320.